The van der Waals surface area contributed by atoms with Gasteiger partial charge in [-0.1, -0.05) is 29.3 Å². The Balaban J connectivity index is 1.85. The molecule has 0 fully saturated rings. The monoisotopic (exact) mass is 287 g/mol. The minimum atomic E-state index is -0.476. The lowest BCUT2D eigenvalue weighted by molar-refractivity contribution is -0.127. The van der Waals surface area contributed by atoms with Crippen molar-refractivity contribution in [1.82, 2.24) is 5.32 Å². The molecule has 3 heteroatoms. The third-order valence-corrected chi connectivity index (χ3v) is 3.88. The van der Waals surface area contributed by atoms with Crippen LogP contribution in [-0.2, 0) is 4.79 Å². The molecule has 0 saturated heterocycles. The van der Waals surface area contributed by atoms with E-state index in [2.05, 4.69) is 17.5 Å². The van der Waals surface area contributed by atoms with Gasteiger partial charge in [0.1, 0.15) is 5.75 Å². The van der Waals surface area contributed by atoms with Crippen LogP contribution in [0.4, 0.5) is 0 Å². The largest absolute Gasteiger partial charge is 0.481 e. The van der Waals surface area contributed by atoms with E-state index in [0.29, 0.717) is 6.54 Å². The van der Waals surface area contributed by atoms with Gasteiger partial charge in [-0.3, -0.25) is 4.79 Å². The second kappa shape index (κ2) is 7.30. The van der Waals surface area contributed by atoms with Crippen LogP contribution in [0.3, 0.4) is 0 Å². The Kier molecular flexibility index (Phi) is 5.43. The fourth-order valence-electron chi connectivity index (χ4n) is 2.59. The Morgan fingerprint density at radius 1 is 1.33 bits per heavy atom. The normalized spacial score (nSPS) is 16.0. The molecular weight excluding hydrogens is 262 g/mol. The van der Waals surface area contributed by atoms with Gasteiger partial charge in [0.25, 0.3) is 5.91 Å². The number of hydrogen-bond donors (Lipinski definition) is 1. The van der Waals surface area contributed by atoms with E-state index < -0.39 is 6.10 Å². The molecule has 1 N–H and O–H groups in total. The first-order valence-electron chi connectivity index (χ1n) is 7.76. The van der Waals surface area contributed by atoms with Crippen molar-refractivity contribution < 1.29 is 9.53 Å². The van der Waals surface area contributed by atoms with Crippen molar-refractivity contribution in [3.63, 3.8) is 0 Å². The zero-order valence-electron chi connectivity index (χ0n) is 13.2. The average molecular weight is 287 g/mol. The number of ether oxygens (including phenoxy) is 1. The van der Waals surface area contributed by atoms with Crippen LogP contribution >= 0.6 is 0 Å². The van der Waals surface area contributed by atoms with Crippen LogP contribution in [0.5, 0.6) is 5.75 Å². The maximum Gasteiger partial charge on any atom is 0.261 e. The van der Waals surface area contributed by atoms with Gasteiger partial charge in [0.05, 0.1) is 0 Å². The second-order valence-electron chi connectivity index (χ2n) is 5.85. The van der Waals surface area contributed by atoms with Gasteiger partial charge in [-0.15, -0.1) is 0 Å². The summed E-state index contributed by atoms with van der Waals surface area (Å²) in [4.78, 5) is 12.1. The number of hydrogen-bond acceptors (Lipinski definition) is 2. The quantitative estimate of drug-likeness (QED) is 0.839. The molecule has 1 aromatic carbocycles. The molecule has 1 atom stereocenters. The molecule has 21 heavy (non-hydrogen) atoms. The summed E-state index contributed by atoms with van der Waals surface area (Å²) in [5.74, 6) is 0.724. The highest BCUT2D eigenvalue weighted by atomic mass is 16.5. The van der Waals surface area contributed by atoms with Gasteiger partial charge in [0, 0.05) is 6.54 Å². The van der Waals surface area contributed by atoms with Gasteiger partial charge in [-0.05, 0) is 58.1 Å². The summed E-state index contributed by atoms with van der Waals surface area (Å²) in [6.07, 6.45) is 6.52. The van der Waals surface area contributed by atoms with E-state index in [1.54, 1.807) is 6.92 Å². The molecule has 0 saturated carbocycles. The van der Waals surface area contributed by atoms with Gasteiger partial charge < -0.3 is 10.1 Å². The number of carbonyl (C=O) groups is 1. The topological polar surface area (TPSA) is 38.3 Å². The molecule has 1 aromatic rings. The van der Waals surface area contributed by atoms with Crippen molar-refractivity contribution in [2.45, 2.75) is 52.6 Å². The highest BCUT2D eigenvalue weighted by Crippen LogP contribution is 2.20. The van der Waals surface area contributed by atoms with Gasteiger partial charge in [0.15, 0.2) is 6.10 Å². The molecule has 0 bridgehead atoms. The first-order valence-corrected chi connectivity index (χ1v) is 7.76. The van der Waals surface area contributed by atoms with Crippen LogP contribution in [0, 0.1) is 13.8 Å². The molecule has 0 radical (unpaired) electrons. The minimum absolute atomic E-state index is 0.0542. The molecular formula is C18H25NO2. The smallest absolute Gasteiger partial charge is 0.261 e. The van der Waals surface area contributed by atoms with Crippen molar-refractivity contribution in [3.05, 3.63) is 41.0 Å². The summed E-state index contributed by atoms with van der Waals surface area (Å²) in [5, 5.41) is 2.97. The molecule has 0 unspecified atom stereocenters. The van der Waals surface area contributed by atoms with E-state index in [1.807, 2.05) is 26.0 Å². The number of benzene rings is 1. The van der Waals surface area contributed by atoms with E-state index >= 15 is 0 Å². The Labute approximate surface area is 127 Å². The first-order chi connectivity index (χ1) is 10.1. The molecule has 114 valence electrons. The van der Waals surface area contributed by atoms with Crippen LogP contribution in [0.2, 0.25) is 0 Å². The van der Waals surface area contributed by atoms with Crippen LogP contribution in [-0.4, -0.2) is 18.6 Å². The fraction of sp³-hybridized carbons (Fsp3) is 0.500. The van der Waals surface area contributed by atoms with Gasteiger partial charge >= 0.3 is 0 Å². The predicted octanol–water partition coefficient (Wildman–Crippen LogP) is 3.69. The Hall–Kier alpha value is -1.77. The number of rotatable bonds is 5. The maximum absolute atomic E-state index is 12.1. The van der Waals surface area contributed by atoms with Crippen LogP contribution < -0.4 is 10.1 Å². The van der Waals surface area contributed by atoms with Crippen LogP contribution in [0.1, 0.15) is 43.7 Å². The number of nitrogens with one attached hydrogen (secondary N) is 1. The molecule has 0 aliphatic heterocycles. The first kappa shape index (κ1) is 15.6. The molecule has 3 nitrogen and oxygen atoms in total. The van der Waals surface area contributed by atoms with Crippen molar-refractivity contribution >= 4 is 5.91 Å². The summed E-state index contributed by atoms with van der Waals surface area (Å²) < 4.78 is 5.77. The SMILES string of the molecule is Cc1ccc(O[C@@H](C)C(=O)NCC2=CCCCC2)c(C)c1. The lowest BCUT2D eigenvalue weighted by atomic mass is 10.00. The zero-order chi connectivity index (χ0) is 15.2. The number of amides is 1. The van der Waals surface area contributed by atoms with Gasteiger partial charge in [-0.25, -0.2) is 0 Å². The van der Waals surface area contributed by atoms with Gasteiger partial charge in [0.2, 0.25) is 0 Å². The van der Waals surface area contributed by atoms with E-state index in [9.17, 15) is 4.79 Å². The van der Waals surface area contributed by atoms with Crippen molar-refractivity contribution in [2.75, 3.05) is 6.54 Å². The molecule has 0 aromatic heterocycles. The van der Waals surface area contributed by atoms with Crippen molar-refractivity contribution in [2.24, 2.45) is 0 Å². The molecule has 0 heterocycles. The lowest BCUT2D eigenvalue weighted by Gasteiger charge is -2.18. The summed E-state index contributed by atoms with van der Waals surface area (Å²) >= 11 is 0. The number of carbonyl (C=O) groups excluding carboxylic acids is 1. The average Bonchev–Trinajstić information content (AvgIpc) is 2.48. The Morgan fingerprint density at radius 2 is 2.14 bits per heavy atom. The summed E-state index contributed by atoms with van der Waals surface area (Å²) in [6, 6.07) is 5.99. The van der Waals surface area contributed by atoms with E-state index in [1.165, 1.54) is 24.0 Å². The van der Waals surface area contributed by atoms with Crippen molar-refractivity contribution in [3.8, 4) is 5.75 Å². The standard InChI is InChI=1S/C18H25NO2/c1-13-9-10-17(14(2)11-13)21-15(3)18(20)19-12-16-7-5-4-6-8-16/h7,9-11,15H,4-6,8,12H2,1-3H3,(H,19,20)/t15-/m0/s1. The van der Waals surface area contributed by atoms with E-state index in [0.717, 1.165) is 24.2 Å². The summed E-state index contributed by atoms with van der Waals surface area (Å²) in [6.45, 7) is 6.49. The van der Waals surface area contributed by atoms with Crippen LogP contribution in [0.15, 0.2) is 29.8 Å². The van der Waals surface area contributed by atoms with Crippen molar-refractivity contribution in [1.29, 1.82) is 0 Å². The molecule has 1 amide bonds. The molecule has 1 aliphatic carbocycles. The van der Waals surface area contributed by atoms with Crippen LogP contribution in [0.25, 0.3) is 0 Å². The predicted molar refractivity (Wildman–Crippen MR) is 85.6 cm³/mol. The maximum atomic E-state index is 12.1. The van der Waals surface area contributed by atoms with E-state index in [-0.39, 0.29) is 5.91 Å². The summed E-state index contributed by atoms with van der Waals surface area (Å²) in [5.41, 5.74) is 3.60. The Bertz CT molecular complexity index is 534. The minimum Gasteiger partial charge on any atom is -0.481 e. The second-order valence-corrected chi connectivity index (χ2v) is 5.85. The third kappa shape index (κ3) is 4.62. The number of allylic oxidation sites excluding steroid dienone is 1. The third-order valence-electron chi connectivity index (χ3n) is 3.88. The zero-order valence-corrected chi connectivity index (χ0v) is 13.2. The highest BCUT2D eigenvalue weighted by Gasteiger charge is 2.16. The molecule has 1 aliphatic rings. The van der Waals surface area contributed by atoms with Gasteiger partial charge in [-0.2, -0.15) is 0 Å². The summed E-state index contributed by atoms with van der Waals surface area (Å²) in [7, 11) is 0. The highest BCUT2D eigenvalue weighted by molar-refractivity contribution is 5.81. The fourth-order valence-corrected chi connectivity index (χ4v) is 2.59. The molecule has 0 spiro atoms. The van der Waals surface area contributed by atoms with E-state index in [4.69, 9.17) is 4.74 Å². The lowest BCUT2D eigenvalue weighted by Crippen LogP contribution is -2.37. The number of aryl methyl sites for hydroxylation is 2. The Morgan fingerprint density at radius 3 is 2.81 bits per heavy atom. The molecule has 2 rings (SSSR count).